The molecular formula is C17H14O2S. The van der Waals surface area contributed by atoms with Crippen LogP contribution in [0.2, 0.25) is 0 Å². The van der Waals surface area contributed by atoms with Crippen molar-refractivity contribution in [1.29, 1.82) is 0 Å². The second-order valence-electron chi connectivity index (χ2n) is 4.43. The van der Waals surface area contributed by atoms with E-state index < -0.39 is 0 Å². The first-order valence-electron chi connectivity index (χ1n) is 6.54. The SMILES string of the molecule is CCOc1ccc(-c2cc(=O)c3ccccc3s2)cc1. The first kappa shape index (κ1) is 12.9. The molecule has 0 aliphatic heterocycles. The van der Waals surface area contributed by atoms with Gasteiger partial charge < -0.3 is 4.74 Å². The Morgan fingerprint density at radius 2 is 1.80 bits per heavy atom. The van der Waals surface area contributed by atoms with Crippen molar-refractivity contribution < 1.29 is 4.74 Å². The van der Waals surface area contributed by atoms with Gasteiger partial charge in [0.1, 0.15) is 5.75 Å². The fraction of sp³-hybridized carbons (Fsp3) is 0.118. The Morgan fingerprint density at radius 3 is 2.55 bits per heavy atom. The molecule has 3 heteroatoms. The molecule has 0 amide bonds. The first-order chi connectivity index (χ1) is 9.78. The number of rotatable bonds is 3. The molecule has 20 heavy (non-hydrogen) atoms. The summed E-state index contributed by atoms with van der Waals surface area (Å²) >= 11 is 1.63. The molecule has 0 N–H and O–H groups in total. The summed E-state index contributed by atoms with van der Waals surface area (Å²) in [6, 6.07) is 17.3. The topological polar surface area (TPSA) is 26.3 Å². The highest BCUT2D eigenvalue weighted by molar-refractivity contribution is 7.21. The van der Waals surface area contributed by atoms with Crippen LogP contribution in [0.4, 0.5) is 0 Å². The van der Waals surface area contributed by atoms with E-state index in [1.165, 1.54) is 0 Å². The van der Waals surface area contributed by atoms with E-state index in [2.05, 4.69) is 0 Å². The van der Waals surface area contributed by atoms with Gasteiger partial charge in [-0.05, 0) is 48.9 Å². The van der Waals surface area contributed by atoms with Crippen LogP contribution < -0.4 is 10.2 Å². The normalized spacial score (nSPS) is 10.7. The van der Waals surface area contributed by atoms with E-state index in [4.69, 9.17) is 4.74 Å². The smallest absolute Gasteiger partial charge is 0.188 e. The summed E-state index contributed by atoms with van der Waals surface area (Å²) in [6.45, 7) is 2.62. The van der Waals surface area contributed by atoms with Crippen LogP contribution in [0, 0.1) is 0 Å². The van der Waals surface area contributed by atoms with Crippen molar-refractivity contribution in [2.45, 2.75) is 6.92 Å². The predicted octanol–water partition coefficient (Wildman–Crippen LogP) is 4.33. The van der Waals surface area contributed by atoms with Gasteiger partial charge in [0.05, 0.1) is 6.61 Å². The van der Waals surface area contributed by atoms with Gasteiger partial charge in [-0.1, -0.05) is 12.1 Å². The predicted molar refractivity (Wildman–Crippen MR) is 84.7 cm³/mol. The molecule has 0 unspecified atom stereocenters. The summed E-state index contributed by atoms with van der Waals surface area (Å²) in [5, 5.41) is 0.784. The molecule has 100 valence electrons. The molecule has 2 nitrogen and oxygen atoms in total. The fourth-order valence-corrected chi connectivity index (χ4v) is 3.21. The Balaban J connectivity index is 2.07. The van der Waals surface area contributed by atoms with Crippen LogP contribution in [-0.4, -0.2) is 6.61 Å². The quantitative estimate of drug-likeness (QED) is 0.715. The van der Waals surface area contributed by atoms with Gasteiger partial charge >= 0.3 is 0 Å². The van der Waals surface area contributed by atoms with Gasteiger partial charge in [-0.3, -0.25) is 4.79 Å². The molecule has 0 saturated carbocycles. The van der Waals surface area contributed by atoms with E-state index in [0.29, 0.717) is 6.61 Å². The van der Waals surface area contributed by atoms with Gasteiger partial charge in [0, 0.05) is 21.0 Å². The van der Waals surface area contributed by atoms with Gasteiger partial charge in [-0.15, -0.1) is 11.3 Å². The van der Waals surface area contributed by atoms with Gasteiger partial charge in [0.25, 0.3) is 0 Å². The molecule has 3 rings (SSSR count). The minimum absolute atomic E-state index is 0.0724. The van der Waals surface area contributed by atoms with Gasteiger partial charge in [0.15, 0.2) is 5.43 Å². The van der Waals surface area contributed by atoms with Crippen molar-refractivity contribution >= 4 is 21.4 Å². The first-order valence-corrected chi connectivity index (χ1v) is 7.35. The highest BCUT2D eigenvalue weighted by Gasteiger charge is 2.05. The monoisotopic (exact) mass is 282 g/mol. The van der Waals surface area contributed by atoms with Crippen molar-refractivity contribution in [2.24, 2.45) is 0 Å². The summed E-state index contributed by atoms with van der Waals surface area (Å²) in [7, 11) is 0. The summed E-state index contributed by atoms with van der Waals surface area (Å²) < 4.78 is 6.45. The second-order valence-corrected chi connectivity index (χ2v) is 5.51. The number of hydrogen-bond acceptors (Lipinski definition) is 3. The third-order valence-corrected chi connectivity index (χ3v) is 4.23. The standard InChI is InChI=1S/C17H14O2S/c1-2-19-13-9-7-12(8-10-13)17-11-15(18)14-5-3-4-6-16(14)20-17/h3-11H,2H2,1H3. The Kier molecular flexibility index (Phi) is 3.52. The largest absolute Gasteiger partial charge is 0.494 e. The molecule has 1 heterocycles. The molecular weight excluding hydrogens is 268 g/mol. The molecule has 0 saturated heterocycles. The number of hydrogen-bond donors (Lipinski definition) is 0. The maximum Gasteiger partial charge on any atom is 0.188 e. The Bertz CT molecular complexity index is 788. The number of ether oxygens (including phenoxy) is 1. The van der Waals surface area contributed by atoms with Crippen molar-refractivity contribution in [3.05, 3.63) is 64.8 Å². The van der Waals surface area contributed by atoms with E-state index in [9.17, 15) is 4.79 Å². The zero-order valence-electron chi connectivity index (χ0n) is 11.1. The molecule has 0 fully saturated rings. The molecule has 1 aromatic heterocycles. The zero-order valence-corrected chi connectivity index (χ0v) is 11.9. The lowest BCUT2D eigenvalue weighted by Gasteiger charge is -2.05. The molecule has 0 aliphatic carbocycles. The Morgan fingerprint density at radius 1 is 1.05 bits per heavy atom. The van der Waals surface area contributed by atoms with Crippen molar-refractivity contribution in [3.63, 3.8) is 0 Å². The maximum atomic E-state index is 12.1. The van der Waals surface area contributed by atoms with Crippen LogP contribution >= 0.6 is 11.3 Å². The highest BCUT2D eigenvalue weighted by atomic mass is 32.1. The van der Waals surface area contributed by atoms with Crippen LogP contribution in [0.5, 0.6) is 5.75 Å². The van der Waals surface area contributed by atoms with Crippen LogP contribution in [-0.2, 0) is 0 Å². The lowest BCUT2D eigenvalue weighted by molar-refractivity contribution is 0.340. The third kappa shape index (κ3) is 2.45. The second kappa shape index (κ2) is 5.47. The van der Waals surface area contributed by atoms with Gasteiger partial charge in [-0.2, -0.15) is 0 Å². The van der Waals surface area contributed by atoms with Crippen molar-refractivity contribution in [2.75, 3.05) is 6.61 Å². The molecule has 2 aromatic carbocycles. The molecule has 0 spiro atoms. The summed E-state index contributed by atoms with van der Waals surface area (Å²) in [6.07, 6.45) is 0. The minimum atomic E-state index is 0.0724. The van der Waals surface area contributed by atoms with Crippen molar-refractivity contribution in [1.82, 2.24) is 0 Å². The summed E-state index contributed by atoms with van der Waals surface area (Å²) in [4.78, 5) is 13.1. The Hall–Kier alpha value is -2.13. The number of benzene rings is 2. The molecule has 0 radical (unpaired) electrons. The van der Waals surface area contributed by atoms with Crippen LogP contribution in [0.1, 0.15) is 6.92 Å². The molecule has 3 aromatic rings. The molecule has 0 atom stereocenters. The minimum Gasteiger partial charge on any atom is -0.494 e. The van der Waals surface area contributed by atoms with E-state index in [0.717, 1.165) is 26.3 Å². The van der Waals surface area contributed by atoms with E-state index in [-0.39, 0.29) is 5.43 Å². The lowest BCUT2D eigenvalue weighted by atomic mass is 10.1. The van der Waals surface area contributed by atoms with E-state index in [1.807, 2.05) is 55.5 Å². The zero-order chi connectivity index (χ0) is 13.9. The third-order valence-electron chi connectivity index (χ3n) is 3.08. The number of fused-ring (bicyclic) bond motifs is 1. The summed E-state index contributed by atoms with van der Waals surface area (Å²) in [5.41, 5.74) is 1.12. The van der Waals surface area contributed by atoms with Crippen LogP contribution in [0.25, 0.3) is 20.5 Å². The maximum absolute atomic E-state index is 12.1. The molecule has 0 aliphatic rings. The highest BCUT2D eigenvalue weighted by Crippen LogP contribution is 2.29. The van der Waals surface area contributed by atoms with E-state index in [1.54, 1.807) is 17.4 Å². The van der Waals surface area contributed by atoms with Crippen LogP contribution in [0.3, 0.4) is 0 Å². The van der Waals surface area contributed by atoms with Gasteiger partial charge in [0.2, 0.25) is 0 Å². The van der Waals surface area contributed by atoms with Crippen molar-refractivity contribution in [3.8, 4) is 16.2 Å². The van der Waals surface area contributed by atoms with E-state index >= 15 is 0 Å². The average molecular weight is 282 g/mol. The fourth-order valence-electron chi connectivity index (χ4n) is 2.13. The van der Waals surface area contributed by atoms with Gasteiger partial charge in [-0.25, -0.2) is 0 Å². The van der Waals surface area contributed by atoms with Crippen LogP contribution in [0.15, 0.2) is 59.4 Å². The lowest BCUT2D eigenvalue weighted by Crippen LogP contribution is -1.98. The average Bonchev–Trinajstić information content (AvgIpc) is 2.48. The summed E-state index contributed by atoms with van der Waals surface area (Å²) in [5.74, 6) is 0.851. The molecule has 0 bridgehead atoms. The Labute approximate surface area is 121 Å².